The second-order valence-corrected chi connectivity index (χ2v) is 5.22. The Labute approximate surface area is 105 Å². The minimum Gasteiger partial charge on any atom is -0.344 e. The minimum absolute atomic E-state index is 0.482. The van der Waals surface area contributed by atoms with Crippen LogP contribution in [0, 0.1) is 0 Å². The summed E-state index contributed by atoms with van der Waals surface area (Å²) in [7, 11) is 0. The van der Waals surface area contributed by atoms with E-state index in [9.17, 15) is 4.79 Å². The smallest absolute Gasteiger partial charge is 0.209 e. The molecule has 2 heterocycles. The highest BCUT2D eigenvalue weighted by molar-refractivity contribution is 5.77. The van der Waals surface area contributed by atoms with Crippen molar-refractivity contribution >= 4 is 17.4 Å². The van der Waals surface area contributed by atoms with Gasteiger partial charge in [0.15, 0.2) is 0 Å². The Morgan fingerprint density at radius 3 is 2.11 bits per heavy atom. The largest absolute Gasteiger partial charge is 0.344 e. The van der Waals surface area contributed by atoms with Crippen LogP contribution in [0.2, 0.25) is 0 Å². The van der Waals surface area contributed by atoms with Crippen LogP contribution in [0.4, 0.5) is 0 Å². The quantitative estimate of drug-likeness (QED) is 0.711. The number of hydrogen-bond donors (Lipinski definition) is 0. The molecule has 0 spiro atoms. The van der Waals surface area contributed by atoms with E-state index >= 15 is 0 Å². The van der Waals surface area contributed by atoms with Crippen molar-refractivity contribution in [2.24, 2.45) is 0 Å². The summed E-state index contributed by atoms with van der Waals surface area (Å²) < 4.78 is 0. The third-order valence-electron chi connectivity index (χ3n) is 4.18. The molecule has 0 saturated carbocycles. The molecule has 18 heavy (non-hydrogen) atoms. The van der Waals surface area contributed by atoms with E-state index in [1.54, 1.807) is 12.4 Å². The van der Waals surface area contributed by atoms with Crippen LogP contribution in [0.15, 0.2) is 24.5 Å². The average molecular weight is 239 g/mol. The van der Waals surface area contributed by atoms with Gasteiger partial charge in [-0.25, -0.2) is 0 Å². The number of hydrogen-bond acceptors (Lipinski definition) is 3. The van der Waals surface area contributed by atoms with Gasteiger partial charge in [0, 0.05) is 37.3 Å². The summed E-state index contributed by atoms with van der Waals surface area (Å²) in [5, 5.41) is 0. The molecule has 1 aromatic carbocycles. The van der Waals surface area contributed by atoms with E-state index in [4.69, 9.17) is 0 Å². The van der Waals surface area contributed by atoms with E-state index < -0.39 is 0 Å². The van der Waals surface area contributed by atoms with Gasteiger partial charge in [-0.1, -0.05) is 0 Å². The predicted octanol–water partition coefficient (Wildman–Crippen LogP) is 1.67. The lowest BCUT2D eigenvalue weighted by Crippen LogP contribution is -2.33. The number of nitrogens with zero attached hydrogens (tertiary/aromatic N) is 3. The zero-order valence-corrected chi connectivity index (χ0v) is 9.91. The number of rotatable bonds is 1. The molecule has 4 nitrogen and oxygen atoms in total. The molecule has 1 aromatic heterocycles. The standard InChI is InChI=1S/C14H13N3O/c18-8-17-6-9-3-10(7-17)12-5-14-13(4-11(9)12)15-1-2-16-14/h1-2,4-5,8-10H,3,6-7H2. The van der Waals surface area contributed by atoms with Crippen molar-refractivity contribution in [3.63, 3.8) is 0 Å². The lowest BCUT2D eigenvalue weighted by Gasteiger charge is -2.28. The summed E-state index contributed by atoms with van der Waals surface area (Å²) in [5.74, 6) is 0.964. The average Bonchev–Trinajstić information content (AvgIpc) is 2.68. The molecule has 4 heteroatoms. The Balaban J connectivity index is 1.90. The molecule has 1 amide bonds. The molecule has 2 aliphatic rings. The van der Waals surface area contributed by atoms with Gasteiger partial charge in [-0.3, -0.25) is 14.8 Å². The third-order valence-corrected chi connectivity index (χ3v) is 4.18. The fourth-order valence-electron chi connectivity index (χ4n) is 3.42. The third kappa shape index (κ3) is 1.29. The topological polar surface area (TPSA) is 46.1 Å². The molecule has 2 bridgehead atoms. The minimum atomic E-state index is 0.482. The first-order chi connectivity index (χ1) is 8.85. The van der Waals surface area contributed by atoms with Gasteiger partial charge in [0.2, 0.25) is 6.41 Å². The molecule has 1 saturated heterocycles. The Morgan fingerprint density at radius 2 is 1.61 bits per heavy atom. The normalized spacial score (nSPS) is 25.2. The Morgan fingerprint density at radius 1 is 1.06 bits per heavy atom. The summed E-state index contributed by atoms with van der Waals surface area (Å²) >= 11 is 0. The number of aromatic nitrogens is 2. The first-order valence-electron chi connectivity index (χ1n) is 6.29. The van der Waals surface area contributed by atoms with E-state index in [2.05, 4.69) is 22.1 Å². The molecule has 2 aromatic rings. The monoisotopic (exact) mass is 239 g/mol. The Bertz CT molecular complexity index is 589. The van der Waals surface area contributed by atoms with E-state index in [-0.39, 0.29) is 0 Å². The number of amides is 1. The zero-order chi connectivity index (χ0) is 12.1. The molecule has 1 fully saturated rings. The van der Waals surface area contributed by atoms with E-state index in [1.807, 2.05) is 4.90 Å². The summed E-state index contributed by atoms with van der Waals surface area (Å²) in [6, 6.07) is 4.33. The maximum absolute atomic E-state index is 11.0. The number of fused-ring (bicyclic) bond motifs is 6. The molecule has 1 aliphatic heterocycles. The second kappa shape index (κ2) is 3.51. The molecule has 2 unspecified atom stereocenters. The number of carbonyl (C=O) groups excluding carboxylic acids is 1. The summed E-state index contributed by atoms with van der Waals surface area (Å²) in [6.07, 6.45) is 5.60. The van der Waals surface area contributed by atoms with Crippen LogP contribution >= 0.6 is 0 Å². The molecule has 0 N–H and O–H groups in total. The van der Waals surface area contributed by atoms with Crippen molar-refractivity contribution in [2.45, 2.75) is 18.3 Å². The van der Waals surface area contributed by atoms with Gasteiger partial charge >= 0.3 is 0 Å². The SMILES string of the molecule is O=CN1CC2CC(C1)c1cc3nccnc3cc12. The van der Waals surface area contributed by atoms with Crippen molar-refractivity contribution in [3.05, 3.63) is 35.7 Å². The Hall–Kier alpha value is -1.97. The first kappa shape index (κ1) is 10.00. The fourth-order valence-corrected chi connectivity index (χ4v) is 3.42. The highest BCUT2D eigenvalue weighted by atomic mass is 16.1. The van der Waals surface area contributed by atoms with Crippen molar-refractivity contribution in [3.8, 4) is 0 Å². The molecular formula is C14H13N3O. The number of benzene rings is 1. The second-order valence-electron chi connectivity index (χ2n) is 5.22. The maximum atomic E-state index is 11.0. The van der Waals surface area contributed by atoms with Crippen molar-refractivity contribution in [2.75, 3.05) is 13.1 Å². The number of carbonyl (C=O) groups is 1. The van der Waals surface area contributed by atoms with Crippen LogP contribution in [0.3, 0.4) is 0 Å². The number of likely N-dealkylation sites (tertiary alicyclic amines) is 1. The molecule has 0 radical (unpaired) electrons. The van der Waals surface area contributed by atoms with Gasteiger partial charge in [-0.05, 0) is 29.7 Å². The molecule has 4 rings (SSSR count). The van der Waals surface area contributed by atoms with Gasteiger partial charge in [0.1, 0.15) is 0 Å². The summed E-state index contributed by atoms with van der Waals surface area (Å²) in [6.45, 7) is 1.69. The zero-order valence-electron chi connectivity index (χ0n) is 9.91. The van der Waals surface area contributed by atoms with Gasteiger partial charge < -0.3 is 4.90 Å². The van der Waals surface area contributed by atoms with E-state index in [0.29, 0.717) is 11.8 Å². The first-order valence-corrected chi connectivity index (χ1v) is 6.29. The molecule has 2 atom stereocenters. The number of piperidine rings is 1. The predicted molar refractivity (Wildman–Crippen MR) is 67.3 cm³/mol. The van der Waals surface area contributed by atoms with Crippen molar-refractivity contribution in [1.82, 2.24) is 14.9 Å². The van der Waals surface area contributed by atoms with Crippen molar-refractivity contribution in [1.29, 1.82) is 0 Å². The highest BCUT2D eigenvalue weighted by Crippen LogP contribution is 2.46. The van der Waals surface area contributed by atoms with Gasteiger partial charge in [-0.2, -0.15) is 0 Å². The van der Waals surface area contributed by atoms with Crippen LogP contribution in [-0.4, -0.2) is 34.4 Å². The van der Waals surface area contributed by atoms with E-state index in [0.717, 1.165) is 37.0 Å². The van der Waals surface area contributed by atoms with Crippen molar-refractivity contribution < 1.29 is 4.79 Å². The lowest BCUT2D eigenvalue weighted by molar-refractivity contribution is -0.119. The van der Waals surface area contributed by atoms with Crippen LogP contribution in [0.25, 0.3) is 11.0 Å². The fraction of sp³-hybridized carbons (Fsp3) is 0.357. The van der Waals surface area contributed by atoms with Gasteiger partial charge in [-0.15, -0.1) is 0 Å². The summed E-state index contributed by atoms with van der Waals surface area (Å²) in [4.78, 5) is 21.6. The van der Waals surface area contributed by atoms with E-state index in [1.165, 1.54) is 11.1 Å². The molecular weight excluding hydrogens is 226 g/mol. The summed E-state index contributed by atoms with van der Waals surface area (Å²) in [5.41, 5.74) is 4.66. The Kier molecular flexibility index (Phi) is 1.95. The maximum Gasteiger partial charge on any atom is 0.209 e. The van der Waals surface area contributed by atoms with Crippen LogP contribution in [0.1, 0.15) is 29.4 Å². The highest BCUT2D eigenvalue weighted by Gasteiger charge is 2.37. The van der Waals surface area contributed by atoms with Gasteiger partial charge in [0.05, 0.1) is 11.0 Å². The molecule has 90 valence electrons. The molecule has 1 aliphatic carbocycles. The van der Waals surface area contributed by atoms with Gasteiger partial charge in [0.25, 0.3) is 0 Å². The van der Waals surface area contributed by atoms with Crippen LogP contribution in [0.5, 0.6) is 0 Å². The lowest BCUT2D eigenvalue weighted by atomic mass is 9.96. The van der Waals surface area contributed by atoms with Crippen LogP contribution in [-0.2, 0) is 4.79 Å². The van der Waals surface area contributed by atoms with Crippen LogP contribution < -0.4 is 0 Å².